The average Bonchev–Trinajstić information content (AvgIpc) is 3.41. The van der Waals surface area contributed by atoms with Crippen LogP contribution in [-0.4, -0.2) is 53.3 Å². The molecule has 2 heterocycles. The monoisotopic (exact) mass is 437 g/mol. The van der Waals surface area contributed by atoms with E-state index in [1.807, 2.05) is 48.5 Å². The van der Waals surface area contributed by atoms with Crippen molar-refractivity contribution in [1.29, 1.82) is 0 Å². The third-order valence-electron chi connectivity index (χ3n) is 5.25. The Morgan fingerprint density at radius 3 is 2.55 bits per heavy atom. The van der Waals surface area contributed by atoms with Crippen molar-refractivity contribution in [2.75, 3.05) is 0 Å². The SMILES string of the molecule is CCCCC1N=C(Cl)C(C(=O)O)=[N+]1Cc1ccc(-c2ccccc2-c2nn[nH]n2)cc1. The minimum absolute atomic E-state index is 0.0642. The Bertz CT molecular complexity index is 1140. The number of benzene rings is 2. The molecule has 0 fully saturated rings. The lowest BCUT2D eigenvalue weighted by Crippen LogP contribution is -2.31. The van der Waals surface area contributed by atoms with Crippen molar-refractivity contribution in [3.8, 4) is 22.5 Å². The second-order valence-corrected chi connectivity index (χ2v) is 7.66. The second kappa shape index (κ2) is 9.18. The predicted molar refractivity (Wildman–Crippen MR) is 118 cm³/mol. The van der Waals surface area contributed by atoms with Crippen molar-refractivity contribution >= 4 is 28.5 Å². The summed E-state index contributed by atoms with van der Waals surface area (Å²) in [6.45, 7) is 2.51. The molecule has 4 rings (SSSR count). The molecule has 1 unspecified atom stereocenters. The summed E-state index contributed by atoms with van der Waals surface area (Å²) in [7, 11) is 0. The van der Waals surface area contributed by atoms with Crippen molar-refractivity contribution < 1.29 is 14.5 Å². The lowest BCUT2D eigenvalue weighted by molar-refractivity contribution is -0.575. The van der Waals surface area contributed by atoms with Crippen LogP contribution >= 0.6 is 11.6 Å². The summed E-state index contributed by atoms with van der Waals surface area (Å²) in [5, 5.41) is 24.0. The van der Waals surface area contributed by atoms with Crippen molar-refractivity contribution in [3.63, 3.8) is 0 Å². The van der Waals surface area contributed by atoms with Gasteiger partial charge in [-0.15, -0.1) is 10.2 Å². The number of rotatable bonds is 8. The normalized spacial score (nSPS) is 15.9. The first kappa shape index (κ1) is 20.9. The number of hydrogen-bond donors (Lipinski definition) is 2. The Labute approximate surface area is 184 Å². The third kappa shape index (κ3) is 4.39. The molecule has 1 aromatic heterocycles. The average molecular weight is 438 g/mol. The lowest BCUT2D eigenvalue weighted by Gasteiger charge is -2.10. The number of aromatic nitrogens is 4. The van der Waals surface area contributed by atoms with E-state index in [2.05, 4.69) is 32.5 Å². The Balaban J connectivity index is 1.61. The highest BCUT2D eigenvalue weighted by molar-refractivity contribution is 6.91. The molecule has 0 saturated carbocycles. The number of carbonyl (C=O) groups is 1. The van der Waals surface area contributed by atoms with Crippen LogP contribution in [0.5, 0.6) is 0 Å². The van der Waals surface area contributed by atoms with Gasteiger partial charge >= 0.3 is 11.7 Å². The predicted octanol–water partition coefficient (Wildman–Crippen LogP) is 3.74. The van der Waals surface area contributed by atoms with Crippen LogP contribution in [-0.2, 0) is 11.3 Å². The van der Waals surface area contributed by atoms with Gasteiger partial charge in [0.25, 0.3) is 0 Å². The molecule has 31 heavy (non-hydrogen) atoms. The van der Waals surface area contributed by atoms with E-state index in [1.54, 1.807) is 4.58 Å². The number of nitrogens with one attached hydrogen (secondary N) is 1. The summed E-state index contributed by atoms with van der Waals surface area (Å²) < 4.78 is 1.78. The summed E-state index contributed by atoms with van der Waals surface area (Å²) in [6, 6.07) is 15.8. The van der Waals surface area contributed by atoms with Gasteiger partial charge in [-0.25, -0.2) is 4.79 Å². The maximum atomic E-state index is 11.8. The van der Waals surface area contributed by atoms with Crippen LogP contribution < -0.4 is 0 Å². The van der Waals surface area contributed by atoms with E-state index >= 15 is 0 Å². The van der Waals surface area contributed by atoms with Gasteiger partial charge in [0, 0.05) is 17.5 Å². The van der Waals surface area contributed by atoms with Crippen LogP contribution in [0, 0.1) is 0 Å². The molecule has 0 radical (unpaired) electrons. The molecule has 158 valence electrons. The smallest absolute Gasteiger partial charge is 0.404 e. The number of carboxylic acid groups (broad SMARTS) is 1. The van der Waals surface area contributed by atoms with Gasteiger partial charge in [-0.05, 0) is 22.8 Å². The molecular formula is C22H22ClN6O2+. The molecule has 8 nitrogen and oxygen atoms in total. The molecule has 0 spiro atoms. The summed E-state index contributed by atoms with van der Waals surface area (Å²) in [6.07, 6.45) is 2.47. The topological polar surface area (TPSA) is 107 Å². The molecule has 1 aliphatic heterocycles. The minimum Gasteiger partial charge on any atom is -0.473 e. The minimum atomic E-state index is -1.06. The van der Waals surface area contributed by atoms with E-state index in [9.17, 15) is 9.90 Å². The number of aliphatic imine (C=N–C) groups is 1. The van der Waals surface area contributed by atoms with Crippen LogP contribution in [0.25, 0.3) is 22.5 Å². The molecule has 2 aromatic carbocycles. The number of aromatic amines is 1. The number of tetrazole rings is 1. The summed E-state index contributed by atoms with van der Waals surface area (Å²) in [4.78, 5) is 16.1. The molecule has 0 bridgehead atoms. The zero-order valence-electron chi connectivity index (χ0n) is 17.0. The first-order chi connectivity index (χ1) is 15.1. The second-order valence-electron chi connectivity index (χ2n) is 7.30. The van der Waals surface area contributed by atoms with Crippen LogP contribution in [0.15, 0.2) is 53.5 Å². The molecule has 9 heteroatoms. The molecule has 0 amide bonds. The number of nitrogens with zero attached hydrogens (tertiary/aromatic N) is 5. The first-order valence-corrected chi connectivity index (χ1v) is 10.5. The fraction of sp³-hybridized carbons (Fsp3) is 0.273. The standard InChI is InChI=1S/C22H21ClN6O2/c1-2-3-8-18-24-20(23)19(22(30)31)29(18)13-14-9-11-15(12-10-14)16-6-4-5-7-17(16)21-25-27-28-26-21/h4-7,9-12,18H,2-3,8,13H2,1H3,(H-,25,26,27,28,30,31)/p+1. The van der Waals surface area contributed by atoms with E-state index in [4.69, 9.17) is 11.6 Å². The maximum absolute atomic E-state index is 11.8. The van der Waals surface area contributed by atoms with Crippen LogP contribution in [0.2, 0.25) is 0 Å². The van der Waals surface area contributed by atoms with Crippen LogP contribution in [0.4, 0.5) is 0 Å². The third-order valence-corrected chi connectivity index (χ3v) is 5.53. The van der Waals surface area contributed by atoms with E-state index in [-0.39, 0.29) is 17.0 Å². The Hall–Kier alpha value is -3.39. The van der Waals surface area contributed by atoms with Gasteiger partial charge in [0.1, 0.15) is 0 Å². The number of aliphatic carboxylic acids is 1. The molecule has 2 N–H and O–H groups in total. The van der Waals surface area contributed by atoms with Crippen LogP contribution in [0.3, 0.4) is 0 Å². The molecule has 0 aliphatic carbocycles. The number of H-pyrrole nitrogens is 1. The van der Waals surface area contributed by atoms with E-state index < -0.39 is 5.97 Å². The quantitative estimate of drug-likeness (QED) is 0.522. The highest BCUT2D eigenvalue weighted by atomic mass is 35.5. The molecule has 1 atom stereocenters. The molecular weight excluding hydrogens is 416 g/mol. The zero-order valence-corrected chi connectivity index (χ0v) is 17.8. The van der Waals surface area contributed by atoms with Crippen molar-refractivity contribution in [2.45, 2.75) is 38.9 Å². The van der Waals surface area contributed by atoms with Crippen molar-refractivity contribution in [2.24, 2.45) is 4.99 Å². The highest BCUT2D eigenvalue weighted by Gasteiger charge is 2.39. The molecule has 0 saturated heterocycles. The molecule has 3 aromatic rings. The fourth-order valence-electron chi connectivity index (χ4n) is 3.72. The maximum Gasteiger partial charge on any atom is 0.404 e. The van der Waals surface area contributed by atoms with E-state index in [0.717, 1.165) is 41.5 Å². The Kier molecular flexibility index (Phi) is 6.18. The zero-order chi connectivity index (χ0) is 21.8. The van der Waals surface area contributed by atoms with E-state index in [1.165, 1.54) is 0 Å². The van der Waals surface area contributed by atoms with Crippen molar-refractivity contribution in [1.82, 2.24) is 20.6 Å². The van der Waals surface area contributed by atoms with Gasteiger partial charge in [0.15, 0.2) is 6.54 Å². The first-order valence-electron chi connectivity index (χ1n) is 10.1. The lowest BCUT2D eigenvalue weighted by atomic mass is 9.98. The summed E-state index contributed by atoms with van der Waals surface area (Å²) in [5.41, 5.74) is 3.91. The summed E-state index contributed by atoms with van der Waals surface area (Å²) >= 11 is 6.15. The van der Waals surface area contributed by atoms with Crippen LogP contribution in [0.1, 0.15) is 31.7 Å². The largest absolute Gasteiger partial charge is 0.473 e. The van der Waals surface area contributed by atoms with E-state index in [0.29, 0.717) is 12.4 Å². The van der Waals surface area contributed by atoms with Gasteiger partial charge in [0.2, 0.25) is 17.2 Å². The van der Waals surface area contributed by atoms with Gasteiger partial charge in [0.05, 0.1) is 0 Å². The van der Waals surface area contributed by atoms with Gasteiger partial charge in [-0.1, -0.05) is 73.5 Å². The number of carboxylic acids is 1. The Morgan fingerprint density at radius 2 is 1.90 bits per heavy atom. The number of unbranched alkanes of at least 4 members (excludes halogenated alkanes) is 1. The highest BCUT2D eigenvalue weighted by Crippen LogP contribution is 2.30. The summed E-state index contributed by atoms with van der Waals surface area (Å²) in [5.74, 6) is -0.526. The number of hydrogen-bond acceptors (Lipinski definition) is 5. The fourth-order valence-corrected chi connectivity index (χ4v) is 4.03. The molecule has 1 aliphatic rings. The van der Waals surface area contributed by atoms with Crippen molar-refractivity contribution in [3.05, 3.63) is 54.1 Å². The van der Waals surface area contributed by atoms with Gasteiger partial charge in [-0.2, -0.15) is 14.8 Å². The van der Waals surface area contributed by atoms with Gasteiger partial charge < -0.3 is 5.11 Å². The number of halogens is 1. The van der Waals surface area contributed by atoms with Gasteiger partial charge in [-0.3, -0.25) is 0 Å². The Morgan fingerprint density at radius 1 is 1.16 bits per heavy atom.